The highest BCUT2D eigenvalue weighted by Gasteiger charge is 2.37. The van der Waals surface area contributed by atoms with Gasteiger partial charge < -0.3 is 28.6 Å². The van der Waals surface area contributed by atoms with Crippen molar-refractivity contribution < 1.29 is 42.2 Å². The number of nitrogens with zero attached hydrogens (tertiary/aromatic N) is 2. The topological polar surface area (TPSA) is 106 Å². The molecule has 10 nitrogen and oxygen atoms in total. The van der Waals surface area contributed by atoms with E-state index in [1.807, 2.05) is 0 Å². The molecule has 1 fully saturated rings. The second-order valence-corrected chi connectivity index (χ2v) is 12.6. The van der Waals surface area contributed by atoms with Crippen LogP contribution in [0.5, 0.6) is 11.5 Å². The summed E-state index contributed by atoms with van der Waals surface area (Å²) in [5, 5.41) is 0.458. The normalized spacial score (nSPS) is 18.7. The van der Waals surface area contributed by atoms with Crippen LogP contribution >= 0.6 is 0 Å². The fraction of sp³-hybridized carbons (Fsp3) is 0.485. The molecule has 0 spiro atoms. The average Bonchev–Trinajstić information content (AvgIpc) is 3.38. The molecular formula is C33H42N2O8. The lowest BCUT2D eigenvalue weighted by atomic mass is 9.87. The number of aryl methyl sites for hydroxylation is 1. The van der Waals surface area contributed by atoms with Gasteiger partial charge in [0.15, 0.2) is 11.5 Å². The summed E-state index contributed by atoms with van der Waals surface area (Å²) in [7, 11) is -1.48. The first-order chi connectivity index (χ1) is 21.3. The van der Waals surface area contributed by atoms with Crippen LogP contribution in [0.4, 0.5) is 9.59 Å². The lowest BCUT2D eigenvalue weighted by molar-refractivity contribution is 0.00757. The van der Waals surface area contributed by atoms with Crippen molar-refractivity contribution in [2.45, 2.75) is 78.1 Å². The standard InChI is InChI=1S/C33H42N2O8/c1-20-18-26(39-8)28(23-14-17-35(27(20)23)31(38)43-33(5,6)7)41-25-15-16-34(30(37)42-32(2,3)4)19-24(25)21-10-12-22(13-11-21)29(36)40-9/h10-14,17-18,24-25H,15-16,19H2,1-9H3/t24-,25+/m0/s1/i8D3. The average molecular weight is 598 g/mol. The number of rotatable bonds is 5. The van der Waals surface area contributed by atoms with E-state index in [0.717, 1.165) is 5.56 Å². The third-order valence-electron chi connectivity index (χ3n) is 7.01. The largest absolute Gasteiger partial charge is 0.493 e. The van der Waals surface area contributed by atoms with Crippen LogP contribution in [0, 0.1) is 6.92 Å². The number of carbonyl (C=O) groups excluding carboxylic acids is 3. The molecule has 0 N–H and O–H groups in total. The summed E-state index contributed by atoms with van der Waals surface area (Å²) in [4.78, 5) is 39.9. The summed E-state index contributed by atoms with van der Waals surface area (Å²) in [5.41, 5.74) is 0.751. The van der Waals surface area contributed by atoms with E-state index in [0.29, 0.717) is 35.0 Å². The van der Waals surface area contributed by atoms with Gasteiger partial charge in [-0.3, -0.25) is 4.57 Å². The molecular weight excluding hydrogens is 552 g/mol. The van der Waals surface area contributed by atoms with Gasteiger partial charge in [0.25, 0.3) is 0 Å². The number of ether oxygens (including phenoxy) is 5. The summed E-state index contributed by atoms with van der Waals surface area (Å²) in [6.45, 7) is 12.9. The molecule has 2 aromatic carbocycles. The molecule has 1 aromatic heterocycles. The van der Waals surface area contributed by atoms with Gasteiger partial charge in [-0.1, -0.05) is 12.1 Å². The molecule has 1 amide bonds. The molecule has 1 aliphatic heterocycles. The van der Waals surface area contributed by atoms with E-state index < -0.39 is 48.4 Å². The Morgan fingerprint density at radius 1 is 0.953 bits per heavy atom. The van der Waals surface area contributed by atoms with Crippen molar-refractivity contribution in [1.29, 1.82) is 0 Å². The van der Waals surface area contributed by atoms with E-state index in [9.17, 15) is 14.4 Å². The maximum atomic E-state index is 13.1. The van der Waals surface area contributed by atoms with Gasteiger partial charge in [0, 0.05) is 37.0 Å². The van der Waals surface area contributed by atoms with E-state index >= 15 is 0 Å². The minimum atomic E-state index is -2.78. The monoisotopic (exact) mass is 597 g/mol. The summed E-state index contributed by atoms with van der Waals surface area (Å²) in [5.74, 6) is -0.772. The quantitative estimate of drug-likeness (QED) is 0.236. The summed E-state index contributed by atoms with van der Waals surface area (Å²) in [6.07, 6.45) is 0.262. The summed E-state index contributed by atoms with van der Waals surface area (Å²) < 4.78 is 53.0. The number of hydrogen-bond donors (Lipinski definition) is 0. The molecule has 2 atom stereocenters. The van der Waals surface area contributed by atoms with Crippen LogP contribution in [-0.2, 0) is 14.2 Å². The summed E-state index contributed by atoms with van der Waals surface area (Å²) in [6, 6.07) is 10.0. The van der Waals surface area contributed by atoms with Crippen molar-refractivity contribution in [1.82, 2.24) is 9.47 Å². The van der Waals surface area contributed by atoms with Crippen LogP contribution in [0.15, 0.2) is 42.6 Å². The van der Waals surface area contributed by atoms with E-state index in [2.05, 4.69) is 0 Å². The second kappa shape index (κ2) is 12.2. The number of methoxy groups -OCH3 is 2. The molecule has 4 rings (SSSR count). The number of amides is 1. The molecule has 10 heteroatoms. The molecule has 0 unspecified atom stereocenters. The van der Waals surface area contributed by atoms with Gasteiger partial charge in [0.05, 0.1) is 29.3 Å². The van der Waals surface area contributed by atoms with Gasteiger partial charge in [0.2, 0.25) is 0 Å². The van der Waals surface area contributed by atoms with Crippen LogP contribution in [0.25, 0.3) is 10.9 Å². The first kappa shape index (κ1) is 27.6. The predicted molar refractivity (Wildman–Crippen MR) is 162 cm³/mol. The van der Waals surface area contributed by atoms with Crippen molar-refractivity contribution in [2.24, 2.45) is 0 Å². The van der Waals surface area contributed by atoms with Crippen molar-refractivity contribution in [2.75, 3.05) is 27.2 Å². The van der Waals surface area contributed by atoms with Gasteiger partial charge >= 0.3 is 18.2 Å². The fourth-order valence-electron chi connectivity index (χ4n) is 5.16. The number of hydrogen-bond acceptors (Lipinski definition) is 8. The van der Waals surface area contributed by atoms with Crippen LogP contribution in [0.1, 0.15) is 79.5 Å². The predicted octanol–water partition coefficient (Wildman–Crippen LogP) is 6.70. The Morgan fingerprint density at radius 3 is 2.21 bits per heavy atom. The number of likely N-dealkylation sites (tertiary alicyclic amines) is 1. The molecule has 0 radical (unpaired) electrons. The number of benzene rings is 2. The molecule has 43 heavy (non-hydrogen) atoms. The number of esters is 1. The maximum Gasteiger partial charge on any atom is 0.419 e. The fourth-order valence-corrected chi connectivity index (χ4v) is 5.16. The lowest BCUT2D eigenvalue weighted by Gasteiger charge is -2.39. The van der Waals surface area contributed by atoms with Crippen LogP contribution < -0.4 is 9.47 Å². The number of carbonyl (C=O) groups is 3. The first-order valence-electron chi connectivity index (χ1n) is 15.7. The van der Waals surface area contributed by atoms with E-state index in [1.165, 1.54) is 17.7 Å². The van der Waals surface area contributed by atoms with Gasteiger partial charge in [0.1, 0.15) is 17.3 Å². The molecule has 0 aliphatic carbocycles. The maximum absolute atomic E-state index is 13.1. The lowest BCUT2D eigenvalue weighted by Crippen LogP contribution is -2.48. The number of aromatic nitrogens is 1. The number of piperidine rings is 1. The minimum absolute atomic E-state index is 0.0127. The Balaban J connectivity index is 1.79. The Bertz CT molecular complexity index is 1600. The number of fused-ring (bicyclic) bond motifs is 1. The molecule has 2 heterocycles. The molecule has 3 aromatic rings. The highest BCUT2D eigenvalue weighted by molar-refractivity contribution is 5.97. The Kier molecular flexibility index (Phi) is 7.82. The first-order valence-corrected chi connectivity index (χ1v) is 14.2. The summed E-state index contributed by atoms with van der Waals surface area (Å²) >= 11 is 0. The molecule has 1 saturated heterocycles. The van der Waals surface area contributed by atoms with Crippen LogP contribution in [0.2, 0.25) is 0 Å². The van der Waals surface area contributed by atoms with Gasteiger partial charge in [-0.05, 0) is 83.9 Å². The molecule has 0 bridgehead atoms. The smallest absolute Gasteiger partial charge is 0.419 e. The van der Waals surface area contributed by atoms with E-state index in [-0.39, 0.29) is 18.0 Å². The molecule has 1 aliphatic rings. The Hall–Kier alpha value is -4.21. The Labute approximate surface area is 257 Å². The minimum Gasteiger partial charge on any atom is -0.493 e. The molecule has 232 valence electrons. The van der Waals surface area contributed by atoms with Crippen molar-refractivity contribution in [3.05, 3.63) is 59.3 Å². The van der Waals surface area contributed by atoms with Crippen LogP contribution in [0.3, 0.4) is 0 Å². The zero-order valence-electron chi connectivity index (χ0n) is 29.0. The third kappa shape index (κ3) is 7.24. The SMILES string of the molecule is [2H]C([2H])([2H])Oc1cc(C)c2c(ccn2C(=O)OC(C)(C)C)c1O[C@@H]1CCN(C(=O)OC(C)(C)C)C[C@H]1c1ccc(C(=O)OC)cc1. The zero-order chi connectivity index (χ0) is 34.2. The van der Waals surface area contributed by atoms with Crippen LogP contribution in [-0.4, -0.2) is 72.2 Å². The third-order valence-corrected chi connectivity index (χ3v) is 7.01. The van der Waals surface area contributed by atoms with E-state index in [1.54, 1.807) is 89.9 Å². The van der Waals surface area contributed by atoms with E-state index in [4.69, 9.17) is 27.8 Å². The molecule has 0 saturated carbocycles. The van der Waals surface area contributed by atoms with Crippen molar-refractivity contribution in [3.8, 4) is 11.5 Å². The van der Waals surface area contributed by atoms with Gasteiger partial charge in [-0.2, -0.15) is 0 Å². The zero-order valence-corrected chi connectivity index (χ0v) is 26.0. The Morgan fingerprint density at radius 2 is 1.60 bits per heavy atom. The van der Waals surface area contributed by atoms with Gasteiger partial charge in [-0.25, -0.2) is 14.4 Å². The van der Waals surface area contributed by atoms with Gasteiger partial charge in [-0.15, -0.1) is 0 Å². The highest BCUT2D eigenvalue weighted by atomic mass is 16.6. The van der Waals surface area contributed by atoms with Crippen molar-refractivity contribution >= 4 is 29.1 Å². The van der Waals surface area contributed by atoms with Crippen molar-refractivity contribution in [3.63, 3.8) is 0 Å². The second-order valence-electron chi connectivity index (χ2n) is 12.6. The highest BCUT2D eigenvalue weighted by Crippen LogP contribution is 2.42.